The largest absolute Gasteiger partial charge is 0.489 e. The van der Waals surface area contributed by atoms with Crippen molar-refractivity contribution in [3.05, 3.63) is 71.8 Å². The molecule has 4 nitrogen and oxygen atoms in total. The molecule has 0 radical (unpaired) electrons. The number of rotatable bonds is 8. The number of ether oxygens (including phenoxy) is 2. The Labute approximate surface area is 136 Å². The van der Waals surface area contributed by atoms with Crippen LogP contribution in [0.25, 0.3) is 6.08 Å². The van der Waals surface area contributed by atoms with Crippen LogP contribution in [0.2, 0.25) is 0 Å². The van der Waals surface area contributed by atoms with Crippen molar-refractivity contribution in [3.63, 3.8) is 0 Å². The van der Waals surface area contributed by atoms with E-state index in [4.69, 9.17) is 9.47 Å². The molecule has 0 aliphatic carbocycles. The summed E-state index contributed by atoms with van der Waals surface area (Å²) in [5, 5.41) is 2.73. The number of methoxy groups -OCH3 is 1. The third-order valence-corrected chi connectivity index (χ3v) is 3.16. The predicted octanol–water partition coefficient (Wildman–Crippen LogP) is 3.04. The maximum Gasteiger partial charge on any atom is 0.244 e. The molecule has 1 N–H and O–H groups in total. The van der Waals surface area contributed by atoms with Crippen LogP contribution in [0.15, 0.2) is 60.7 Å². The minimum absolute atomic E-state index is 0.133. The molecule has 0 unspecified atom stereocenters. The first-order valence-corrected chi connectivity index (χ1v) is 7.49. The van der Waals surface area contributed by atoms with Gasteiger partial charge in [0, 0.05) is 19.7 Å². The molecule has 0 saturated carbocycles. The van der Waals surface area contributed by atoms with Gasteiger partial charge in [0.25, 0.3) is 0 Å². The summed E-state index contributed by atoms with van der Waals surface area (Å²) in [5.74, 6) is 0.669. The number of hydrogen-bond donors (Lipinski definition) is 1. The van der Waals surface area contributed by atoms with Crippen molar-refractivity contribution in [3.8, 4) is 5.75 Å². The Balaban J connectivity index is 1.81. The molecule has 4 heteroatoms. The van der Waals surface area contributed by atoms with E-state index in [1.165, 1.54) is 6.08 Å². The molecule has 0 fully saturated rings. The summed E-state index contributed by atoms with van der Waals surface area (Å²) >= 11 is 0. The van der Waals surface area contributed by atoms with Crippen LogP contribution in [0, 0.1) is 0 Å². The molecular weight excluding hydrogens is 290 g/mol. The SMILES string of the molecule is COCCNC(=O)C=Cc1ccc(OCc2ccccc2)cc1. The monoisotopic (exact) mass is 311 g/mol. The Morgan fingerprint density at radius 2 is 1.83 bits per heavy atom. The van der Waals surface area contributed by atoms with Gasteiger partial charge in [-0.2, -0.15) is 0 Å². The minimum atomic E-state index is -0.133. The van der Waals surface area contributed by atoms with Crippen molar-refractivity contribution < 1.29 is 14.3 Å². The van der Waals surface area contributed by atoms with Crippen molar-refractivity contribution in [2.75, 3.05) is 20.3 Å². The van der Waals surface area contributed by atoms with Gasteiger partial charge in [0.05, 0.1) is 6.61 Å². The molecule has 23 heavy (non-hydrogen) atoms. The van der Waals surface area contributed by atoms with E-state index in [1.54, 1.807) is 13.2 Å². The van der Waals surface area contributed by atoms with E-state index in [1.807, 2.05) is 54.6 Å². The van der Waals surface area contributed by atoms with E-state index < -0.39 is 0 Å². The van der Waals surface area contributed by atoms with Crippen LogP contribution in [0.1, 0.15) is 11.1 Å². The van der Waals surface area contributed by atoms with Gasteiger partial charge in [-0.15, -0.1) is 0 Å². The van der Waals surface area contributed by atoms with Crippen LogP contribution in [0.3, 0.4) is 0 Å². The molecule has 0 atom stereocenters. The van der Waals surface area contributed by atoms with Crippen LogP contribution >= 0.6 is 0 Å². The summed E-state index contributed by atoms with van der Waals surface area (Å²) in [6.45, 7) is 1.55. The van der Waals surface area contributed by atoms with Gasteiger partial charge in [-0.05, 0) is 29.3 Å². The fourth-order valence-corrected chi connectivity index (χ4v) is 1.92. The highest BCUT2D eigenvalue weighted by molar-refractivity contribution is 5.91. The third kappa shape index (κ3) is 6.36. The molecule has 120 valence electrons. The highest BCUT2D eigenvalue weighted by Crippen LogP contribution is 2.15. The Kier molecular flexibility index (Phi) is 6.88. The van der Waals surface area contributed by atoms with E-state index in [2.05, 4.69) is 5.32 Å². The average Bonchev–Trinajstić information content (AvgIpc) is 2.60. The summed E-state index contributed by atoms with van der Waals surface area (Å²) in [7, 11) is 1.60. The normalized spacial score (nSPS) is 10.7. The zero-order valence-corrected chi connectivity index (χ0v) is 13.2. The highest BCUT2D eigenvalue weighted by atomic mass is 16.5. The van der Waals surface area contributed by atoms with E-state index >= 15 is 0 Å². The minimum Gasteiger partial charge on any atom is -0.489 e. The second-order valence-corrected chi connectivity index (χ2v) is 4.96. The van der Waals surface area contributed by atoms with E-state index in [0.29, 0.717) is 19.8 Å². The molecule has 2 rings (SSSR count). The Morgan fingerprint density at radius 3 is 2.52 bits per heavy atom. The molecule has 0 aliphatic rings. The van der Waals surface area contributed by atoms with Gasteiger partial charge in [0.15, 0.2) is 0 Å². The second kappa shape index (κ2) is 9.43. The van der Waals surface area contributed by atoms with Gasteiger partial charge >= 0.3 is 0 Å². The lowest BCUT2D eigenvalue weighted by Crippen LogP contribution is -2.24. The molecule has 0 aliphatic heterocycles. The number of benzene rings is 2. The smallest absolute Gasteiger partial charge is 0.244 e. The first kappa shape index (κ1) is 16.8. The van der Waals surface area contributed by atoms with E-state index in [9.17, 15) is 4.79 Å². The Morgan fingerprint density at radius 1 is 1.09 bits per heavy atom. The van der Waals surface area contributed by atoms with Crippen LogP contribution < -0.4 is 10.1 Å². The van der Waals surface area contributed by atoms with Gasteiger partial charge in [0.1, 0.15) is 12.4 Å². The second-order valence-electron chi connectivity index (χ2n) is 4.96. The lowest BCUT2D eigenvalue weighted by molar-refractivity contribution is -0.116. The van der Waals surface area contributed by atoms with Crippen LogP contribution in [-0.4, -0.2) is 26.2 Å². The lowest BCUT2D eigenvalue weighted by Gasteiger charge is -2.06. The molecule has 1 amide bonds. The Hall–Kier alpha value is -2.59. The highest BCUT2D eigenvalue weighted by Gasteiger charge is 1.97. The van der Waals surface area contributed by atoms with Gasteiger partial charge in [-0.1, -0.05) is 42.5 Å². The molecule has 0 spiro atoms. The van der Waals surface area contributed by atoms with Gasteiger partial charge in [-0.25, -0.2) is 0 Å². The maximum atomic E-state index is 11.5. The zero-order valence-electron chi connectivity index (χ0n) is 13.2. The molecule has 0 aromatic heterocycles. The van der Waals surface area contributed by atoms with Gasteiger partial charge in [-0.3, -0.25) is 4.79 Å². The maximum absolute atomic E-state index is 11.5. The number of carbonyl (C=O) groups excluding carboxylic acids is 1. The van der Waals surface area contributed by atoms with E-state index in [0.717, 1.165) is 16.9 Å². The van der Waals surface area contributed by atoms with Crippen LogP contribution in [0.4, 0.5) is 0 Å². The molecule has 0 heterocycles. The summed E-state index contributed by atoms with van der Waals surface area (Å²) in [5.41, 5.74) is 2.07. The summed E-state index contributed by atoms with van der Waals surface area (Å²) in [6, 6.07) is 17.6. The lowest BCUT2D eigenvalue weighted by atomic mass is 10.2. The molecule has 0 bridgehead atoms. The number of nitrogens with one attached hydrogen (secondary N) is 1. The third-order valence-electron chi connectivity index (χ3n) is 3.16. The zero-order chi connectivity index (χ0) is 16.3. The number of carbonyl (C=O) groups is 1. The number of hydrogen-bond acceptors (Lipinski definition) is 3. The van der Waals surface area contributed by atoms with Crippen molar-refractivity contribution in [2.45, 2.75) is 6.61 Å². The Bertz CT molecular complexity index is 621. The summed E-state index contributed by atoms with van der Waals surface area (Å²) < 4.78 is 10.6. The number of amides is 1. The van der Waals surface area contributed by atoms with Crippen molar-refractivity contribution in [1.82, 2.24) is 5.32 Å². The van der Waals surface area contributed by atoms with Crippen LogP contribution in [0.5, 0.6) is 5.75 Å². The molecule has 0 saturated heterocycles. The standard InChI is InChI=1S/C19H21NO3/c1-22-14-13-20-19(21)12-9-16-7-10-18(11-8-16)23-15-17-5-3-2-4-6-17/h2-12H,13-15H2,1H3,(H,20,21). The fourth-order valence-electron chi connectivity index (χ4n) is 1.92. The summed E-state index contributed by atoms with van der Waals surface area (Å²) in [6.07, 6.45) is 3.28. The first-order valence-electron chi connectivity index (χ1n) is 7.49. The molecule has 2 aromatic carbocycles. The van der Waals surface area contributed by atoms with Gasteiger partial charge in [0.2, 0.25) is 5.91 Å². The quantitative estimate of drug-likeness (QED) is 0.602. The van der Waals surface area contributed by atoms with Crippen molar-refractivity contribution in [1.29, 1.82) is 0 Å². The van der Waals surface area contributed by atoms with Crippen LogP contribution in [-0.2, 0) is 16.1 Å². The summed E-state index contributed by atoms with van der Waals surface area (Å²) in [4.78, 5) is 11.5. The molecule has 2 aromatic rings. The predicted molar refractivity (Wildman–Crippen MR) is 91.1 cm³/mol. The van der Waals surface area contributed by atoms with Crippen molar-refractivity contribution in [2.24, 2.45) is 0 Å². The topological polar surface area (TPSA) is 47.6 Å². The molecular formula is C19H21NO3. The first-order chi connectivity index (χ1) is 11.3. The van der Waals surface area contributed by atoms with Gasteiger partial charge < -0.3 is 14.8 Å². The average molecular weight is 311 g/mol. The van der Waals surface area contributed by atoms with Crippen molar-refractivity contribution >= 4 is 12.0 Å². The fraction of sp³-hybridized carbons (Fsp3) is 0.211. The van der Waals surface area contributed by atoms with E-state index in [-0.39, 0.29) is 5.91 Å².